The smallest absolute Gasteiger partial charge is 0.268 e. The van der Waals surface area contributed by atoms with Gasteiger partial charge in [0.05, 0.1) is 10.6 Å². The summed E-state index contributed by atoms with van der Waals surface area (Å²) in [4.78, 5) is 27.2. The molecule has 0 radical (unpaired) electrons. The summed E-state index contributed by atoms with van der Waals surface area (Å²) in [5.74, 6) is -0.279. The van der Waals surface area contributed by atoms with E-state index in [9.17, 15) is 9.59 Å². The summed E-state index contributed by atoms with van der Waals surface area (Å²) >= 11 is 0.987. The van der Waals surface area contributed by atoms with Crippen molar-refractivity contribution in [1.82, 2.24) is 0 Å². The van der Waals surface area contributed by atoms with Crippen LogP contribution in [0.1, 0.15) is 5.56 Å². The number of anilines is 1. The quantitative estimate of drug-likeness (QED) is 0.305. The van der Waals surface area contributed by atoms with Gasteiger partial charge < -0.3 is 0 Å². The fourth-order valence-corrected chi connectivity index (χ4v) is 4.43. The highest BCUT2D eigenvalue weighted by Crippen LogP contribution is 2.38. The number of rotatable bonds is 2. The van der Waals surface area contributed by atoms with E-state index in [1.807, 2.05) is 48.5 Å². The zero-order valence-electron chi connectivity index (χ0n) is 14.8. The van der Waals surface area contributed by atoms with Gasteiger partial charge in [0.1, 0.15) is 0 Å². The second kappa shape index (κ2) is 6.66. The molecule has 0 unspecified atom stereocenters. The molecule has 4 aromatic rings. The SMILES string of the molecule is O=C1S/C(=C\c2c3ccccc3cc3ccccc23)C(=O)N1c1ccccc1. The van der Waals surface area contributed by atoms with Crippen LogP contribution >= 0.6 is 11.8 Å². The van der Waals surface area contributed by atoms with Crippen LogP contribution in [-0.4, -0.2) is 11.1 Å². The van der Waals surface area contributed by atoms with Crippen molar-refractivity contribution in [3.63, 3.8) is 0 Å². The first-order valence-corrected chi connectivity index (χ1v) is 9.77. The summed E-state index contributed by atoms with van der Waals surface area (Å²) in [6, 6.07) is 27.4. The molecular weight excluding hydrogens is 366 g/mol. The molecule has 4 aromatic carbocycles. The molecule has 1 aliphatic heterocycles. The first-order chi connectivity index (χ1) is 13.7. The second-order valence-electron chi connectivity index (χ2n) is 6.59. The Labute approximate surface area is 166 Å². The highest BCUT2D eigenvalue weighted by molar-refractivity contribution is 8.19. The maximum Gasteiger partial charge on any atom is 0.298 e. The first kappa shape index (κ1) is 16.8. The Morgan fingerprint density at radius 3 is 1.93 bits per heavy atom. The maximum absolute atomic E-state index is 13.0. The standard InChI is InChI=1S/C24H15NO2S/c26-23-22(28-24(27)25(23)18-10-2-1-3-11-18)15-21-19-12-6-4-8-16(19)14-17-9-5-7-13-20(17)21/h1-15H/b22-15-. The van der Waals surface area contributed by atoms with Crippen LogP contribution in [0.3, 0.4) is 0 Å². The van der Waals surface area contributed by atoms with E-state index in [4.69, 9.17) is 0 Å². The summed E-state index contributed by atoms with van der Waals surface area (Å²) in [5.41, 5.74) is 1.56. The van der Waals surface area contributed by atoms with E-state index < -0.39 is 0 Å². The van der Waals surface area contributed by atoms with Crippen LogP contribution in [0, 0.1) is 0 Å². The van der Waals surface area contributed by atoms with Crippen LogP contribution in [0.25, 0.3) is 27.6 Å². The van der Waals surface area contributed by atoms with Gasteiger partial charge in [-0.3, -0.25) is 9.59 Å². The van der Waals surface area contributed by atoms with Crippen LogP contribution in [0.2, 0.25) is 0 Å². The van der Waals surface area contributed by atoms with Crippen LogP contribution in [0.15, 0.2) is 89.8 Å². The molecule has 0 saturated carbocycles. The second-order valence-corrected chi connectivity index (χ2v) is 7.58. The van der Waals surface area contributed by atoms with E-state index in [0.29, 0.717) is 10.6 Å². The Balaban J connectivity index is 1.70. The number of thioether (sulfide) groups is 1. The minimum Gasteiger partial charge on any atom is -0.268 e. The molecule has 2 amide bonds. The minimum atomic E-state index is -0.279. The molecule has 0 spiro atoms. The fourth-order valence-electron chi connectivity index (χ4n) is 3.60. The van der Waals surface area contributed by atoms with Gasteiger partial charge >= 0.3 is 0 Å². The Morgan fingerprint density at radius 2 is 1.29 bits per heavy atom. The predicted molar refractivity (Wildman–Crippen MR) is 116 cm³/mol. The molecule has 134 valence electrons. The molecule has 1 aliphatic rings. The fraction of sp³-hybridized carbons (Fsp3) is 0. The number of imide groups is 1. The summed E-state index contributed by atoms with van der Waals surface area (Å²) in [6.45, 7) is 0. The Bertz CT molecular complexity index is 1220. The van der Waals surface area contributed by atoms with Gasteiger partial charge in [-0.25, -0.2) is 4.90 Å². The lowest BCUT2D eigenvalue weighted by atomic mass is 9.96. The highest BCUT2D eigenvalue weighted by Gasteiger charge is 2.36. The summed E-state index contributed by atoms with van der Waals surface area (Å²) < 4.78 is 0. The van der Waals surface area contributed by atoms with E-state index >= 15 is 0 Å². The molecule has 0 aliphatic carbocycles. The molecule has 5 rings (SSSR count). The van der Waals surface area contributed by atoms with E-state index in [-0.39, 0.29) is 11.1 Å². The number of hydrogen-bond acceptors (Lipinski definition) is 3. The molecular formula is C24H15NO2S. The molecule has 0 atom stereocenters. The van der Waals surface area contributed by atoms with Gasteiger partial charge in [-0.2, -0.15) is 0 Å². The largest absolute Gasteiger partial charge is 0.298 e. The summed E-state index contributed by atoms with van der Waals surface area (Å²) in [7, 11) is 0. The molecule has 0 bridgehead atoms. The third-order valence-electron chi connectivity index (χ3n) is 4.90. The van der Waals surface area contributed by atoms with Gasteiger partial charge in [0.2, 0.25) is 0 Å². The molecule has 3 nitrogen and oxygen atoms in total. The summed E-state index contributed by atoms with van der Waals surface area (Å²) in [6.07, 6.45) is 1.86. The lowest BCUT2D eigenvalue weighted by molar-refractivity contribution is -0.113. The van der Waals surface area contributed by atoms with E-state index in [1.165, 1.54) is 4.90 Å². The number of carbonyl (C=O) groups excluding carboxylic acids is 2. The average molecular weight is 381 g/mol. The predicted octanol–water partition coefficient (Wildman–Crippen LogP) is 6.23. The lowest BCUT2D eigenvalue weighted by Gasteiger charge is -2.12. The molecule has 1 heterocycles. The van der Waals surface area contributed by atoms with Gasteiger partial charge in [0.15, 0.2) is 0 Å². The molecule has 1 saturated heterocycles. The van der Waals surface area contributed by atoms with Crippen molar-refractivity contribution in [3.8, 4) is 0 Å². The van der Waals surface area contributed by atoms with Gasteiger partial charge in [0, 0.05) is 0 Å². The summed E-state index contributed by atoms with van der Waals surface area (Å²) in [5, 5.41) is 4.07. The number of benzene rings is 4. The van der Waals surface area contributed by atoms with E-state index in [1.54, 1.807) is 12.1 Å². The van der Waals surface area contributed by atoms with Gasteiger partial charge in [-0.1, -0.05) is 66.7 Å². The lowest BCUT2D eigenvalue weighted by Crippen LogP contribution is -2.27. The number of amides is 2. The van der Waals surface area contributed by atoms with Crippen LogP contribution in [-0.2, 0) is 4.79 Å². The molecule has 1 fully saturated rings. The third-order valence-corrected chi connectivity index (χ3v) is 5.77. The highest BCUT2D eigenvalue weighted by atomic mass is 32.2. The van der Waals surface area contributed by atoms with Crippen LogP contribution in [0.5, 0.6) is 0 Å². The molecule has 0 aromatic heterocycles. The number of carbonyl (C=O) groups is 2. The van der Waals surface area contributed by atoms with Gasteiger partial charge in [0.25, 0.3) is 11.1 Å². The minimum absolute atomic E-state index is 0.271. The monoisotopic (exact) mass is 381 g/mol. The normalized spacial score (nSPS) is 15.9. The zero-order valence-corrected chi connectivity index (χ0v) is 15.6. The zero-order chi connectivity index (χ0) is 19.1. The first-order valence-electron chi connectivity index (χ1n) is 8.96. The number of nitrogens with zero attached hydrogens (tertiary/aromatic N) is 1. The van der Waals surface area contributed by atoms with Crippen molar-refractivity contribution < 1.29 is 9.59 Å². The molecule has 4 heteroatoms. The average Bonchev–Trinajstić information content (AvgIpc) is 3.01. The van der Waals surface area contributed by atoms with Crippen molar-refractivity contribution in [1.29, 1.82) is 0 Å². The van der Waals surface area contributed by atoms with Crippen molar-refractivity contribution in [2.45, 2.75) is 0 Å². The van der Waals surface area contributed by atoms with E-state index in [0.717, 1.165) is 38.9 Å². The van der Waals surface area contributed by atoms with Crippen molar-refractivity contribution in [2.75, 3.05) is 4.90 Å². The topological polar surface area (TPSA) is 37.4 Å². The maximum atomic E-state index is 13.0. The van der Waals surface area contributed by atoms with Gasteiger partial charge in [-0.05, 0) is 63.1 Å². The van der Waals surface area contributed by atoms with Crippen molar-refractivity contribution >= 4 is 56.2 Å². The third kappa shape index (κ3) is 2.70. The van der Waals surface area contributed by atoms with E-state index in [2.05, 4.69) is 30.3 Å². The van der Waals surface area contributed by atoms with Crippen LogP contribution in [0.4, 0.5) is 10.5 Å². The van der Waals surface area contributed by atoms with Crippen molar-refractivity contribution in [3.05, 3.63) is 95.4 Å². The molecule has 0 N–H and O–H groups in total. The Hall–Kier alpha value is -3.37. The van der Waals surface area contributed by atoms with Crippen LogP contribution < -0.4 is 4.90 Å². The number of fused-ring (bicyclic) bond motifs is 2. The van der Waals surface area contributed by atoms with Gasteiger partial charge in [-0.15, -0.1) is 0 Å². The Kier molecular flexibility index (Phi) is 3.99. The molecule has 28 heavy (non-hydrogen) atoms. The Morgan fingerprint density at radius 1 is 0.714 bits per heavy atom. The number of para-hydroxylation sites is 1. The number of hydrogen-bond donors (Lipinski definition) is 0. The van der Waals surface area contributed by atoms with Crippen molar-refractivity contribution in [2.24, 2.45) is 0 Å².